The second-order valence-electron chi connectivity index (χ2n) is 14.9. The van der Waals surface area contributed by atoms with Gasteiger partial charge in [-0.05, 0) is 74.9 Å². The minimum atomic E-state index is -0.710. The Morgan fingerprint density at radius 2 is 1.75 bits per heavy atom. The molecule has 2 aliphatic heterocycles. The Morgan fingerprint density at radius 1 is 0.979 bits per heavy atom. The number of hydrogen-bond acceptors (Lipinski definition) is 9. The number of likely N-dealkylation sites (tertiary alicyclic amines) is 1. The van der Waals surface area contributed by atoms with Crippen molar-refractivity contribution in [1.82, 2.24) is 34.6 Å². The van der Waals surface area contributed by atoms with Crippen molar-refractivity contribution < 1.29 is 19.1 Å². The average molecular weight is 653 g/mol. The van der Waals surface area contributed by atoms with Gasteiger partial charge in [-0.25, -0.2) is 14.8 Å². The Morgan fingerprint density at radius 3 is 2.42 bits per heavy atom. The summed E-state index contributed by atoms with van der Waals surface area (Å²) in [5.41, 5.74) is 2.60. The summed E-state index contributed by atoms with van der Waals surface area (Å²) >= 11 is 0. The van der Waals surface area contributed by atoms with E-state index in [1.807, 2.05) is 37.5 Å². The Hall–Kier alpha value is -4.84. The normalized spacial score (nSPS) is 19.3. The molecule has 0 radical (unpaired) electrons. The third kappa shape index (κ3) is 6.62. The molecule has 3 atom stereocenters. The first-order valence-corrected chi connectivity index (χ1v) is 16.3. The molecule has 0 aliphatic carbocycles. The largest absolute Gasteiger partial charge is 0.458 e. The number of piperazine rings is 1. The van der Waals surface area contributed by atoms with Crippen LogP contribution in [0.15, 0.2) is 54.9 Å². The highest BCUT2D eigenvalue weighted by molar-refractivity contribution is 5.99. The molecule has 12 heteroatoms. The van der Waals surface area contributed by atoms with E-state index in [0.717, 1.165) is 24.1 Å². The van der Waals surface area contributed by atoms with Gasteiger partial charge in [0.25, 0.3) is 11.8 Å². The molecule has 2 fully saturated rings. The Labute approximate surface area is 280 Å². The van der Waals surface area contributed by atoms with Gasteiger partial charge in [0.05, 0.1) is 5.56 Å². The van der Waals surface area contributed by atoms with Crippen LogP contribution < -0.4 is 10.6 Å². The Kier molecular flexibility index (Phi) is 8.49. The smallest absolute Gasteiger partial charge is 0.331 e. The van der Waals surface area contributed by atoms with Crippen molar-refractivity contribution in [1.29, 1.82) is 0 Å². The first-order chi connectivity index (χ1) is 22.6. The number of carbonyl (C=O) groups excluding carboxylic acids is 3. The van der Waals surface area contributed by atoms with Gasteiger partial charge in [-0.1, -0.05) is 32.9 Å². The van der Waals surface area contributed by atoms with Crippen LogP contribution in [-0.4, -0.2) is 91.5 Å². The SMILES string of the molecule is CN(C)C(=O)c1cc2cnc(Nc3ccc(C(=O)N4CC5CCC(N5)C4C(=O)OC(C)(C)C)cn3)nc2n1-c1cccc(C(C)(C)C)c1. The first-order valence-electron chi connectivity index (χ1n) is 16.3. The highest BCUT2D eigenvalue weighted by Crippen LogP contribution is 2.31. The predicted octanol–water partition coefficient (Wildman–Crippen LogP) is 4.85. The number of aromatic nitrogens is 4. The molecule has 12 nitrogen and oxygen atoms in total. The minimum absolute atomic E-state index is 0.0905. The number of nitrogens with one attached hydrogen (secondary N) is 2. The summed E-state index contributed by atoms with van der Waals surface area (Å²) in [6.45, 7) is 12.3. The van der Waals surface area contributed by atoms with Crippen LogP contribution in [0.1, 0.15) is 80.8 Å². The van der Waals surface area contributed by atoms with Gasteiger partial charge < -0.3 is 25.2 Å². The van der Waals surface area contributed by atoms with Gasteiger partial charge in [0.15, 0.2) is 5.65 Å². The van der Waals surface area contributed by atoms with Crippen LogP contribution in [0.25, 0.3) is 16.7 Å². The number of anilines is 2. The van der Waals surface area contributed by atoms with Crippen molar-refractivity contribution in [3.05, 3.63) is 71.7 Å². The van der Waals surface area contributed by atoms with E-state index in [9.17, 15) is 14.4 Å². The Balaban J connectivity index is 1.28. The number of esters is 1. The highest BCUT2D eigenvalue weighted by Gasteiger charge is 2.47. The molecule has 3 aromatic heterocycles. The summed E-state index contributed by atoms with van der Waals surface area (Å²) in [5.74, 6) is -0.107. The number of carbonyl (C=O) groups is 3. The number of rotatable bonds is 6. The van der Waals surface area contributed by atoms with Crippen molar-refractivity contribution >= 4 is 40.6 Å². The first kappa shape index (κ1) is 33.1. The number of ether oxygens (including phenoxy) is 1. The maximum Gasteiger partial charge on any atom is 0.331 e. The van der Waals surface area contributed by atoms with Crippen LogP contribution in [0, 0.1) is 0 Å². The van der Waals surface area contributed by atoms with Gasteiger partial charge >= 0.3 is 5.97 Å². The molecular weight excluding hydrogens is 608 g/mol. The van der Waals surface area contributed by atoms with E-state index in [1.54, 1.807) is 48.3 Å². The molecule has 252 valence electrons. The van der Waals surface area contributed by atoms with Crippen molar-refractivity contribution in [2.45, 2.75) is 83.5 Å². The molecule has 2 saturated heterocycles. The third-order valence-corrected chi connectivity index (χ3v) is 8.71. The molecular formula is C36H44N8O4. The maximum atomic E-state index is 13.7. The molecule has 2 bridgehead atoms. The lowest BCUT2D eigenvalue weighted by molar-refractivity contribution is -0.162. The molecule has 48 heavy (non-hydrogen) atoms. The van der Waals surface area contributed by atoms with Crippen LogP contribution in [0.4, 0.5) is 11.8 Å². The zero-order valence-corrected chi connectivity index (χ0v) is 28.9. The van der Waals surface area contributed by atoms with E-state index in [1.165, 1.54) is 6.20 Å². The summed E-state index contributed by atoms with van der Waals surface area (Å²) in [5, 5.41) is 7.33. The summed E-state index contributed by atoms with van der Waals surface area (Å²) in [7, 11) is 3.44. The maximum absolute atomic E-state index is 13.7. The fourth-order valence-corrected chi connectivity index (χ4v) is 6.36. The lowest BCUT2D eigenvalue weighted by Gasteiger charge is -2.40. The van der Waals surface area contributed by atoms with Gasteiger partial charge in [0, 0.05) is 56.2 Å². The minimum Gasteiger partial charge on any atom is -0.458 e. The molecule has 0 saturated carbocycles. The van der Waals surface area contributed by atoms with E-state index in [-0.39, 0.29) is 35.3 Å². The molecule has 6 rings (SSSR count). The number of nitrogens with zero attached hydrogens (tertiary/aromatic N) is 6. The van der Waals surface area contributed by atoms with Crippen LogP contribution in [0.2, 0.25) is 0 Å². The van der Waals surface area contributed by atoms with Crippen molar-refractivity contribution in [3.8, 4) is 5.69 Å². The summed E-state index contributed by atoms with van der Waals surface area (Å²) < 4.78 is 7.57. The molecule has 2 amide bonds. The Bertz CT molecular complexity index is 1870. The number of pyridine rings is 1. The van der Waals surface area contributed by atoms with Crippen molar-refractivity contribution in [2.24, 2.45) is 0 Å². The van der Waals surface area contributed by atoms with Crippen molar-refractivity contribution in [3.63, 3.8) is 0 Å². The van der Waals surface area contributed by atoms with Gasteiger partial charge in [-0.2, -0.15) is 4.98 Å². The van der Waals surface area contributed by atoms with E-state index >= 15 is 0 Å². The lowest BCUT2D eigenvalue weighted by Crippen LogP contribution is -2.63. The summed E-state index contributed by atoms with van der Waals surface area (Å²) in [6, 6.07) is 12.6. The van der Waals surface area contributed by atoms with Gasteiger partial charge in [0.1, 0.15) is 23.2 Å². The van der Waals surface area contributed by atoms with Gasteiger partial charge in [0.2, 0.25) is 5.95 Å². The number of amides is 2. The zero-order valence-electron chi connectivity index (χ0n) is 28.9. The van der Waals surface area contributed by atoms with Crippen molar-refractivity contribution in [2.75, 3.05) is 26.0 Å². The van der Waals surface area contributed by atoms with Gasteiger partial charge in [-0.15, -0.1) is 0 Å². The molecule has 1 aromatic carbocycles. The lowest BCUT2D eigenvalue weighted by atomic mass is 9.87. The molecule has 4 aromatic rings. The van der Waals surface area contributed by atoms with Crippen LogP contribution in [0.3, 0.4) is 0 Å². The second kappa shape index (κ2) is 12.3. The average Bonchev–Trinajstić information content (AvgIpc) is 3.59. The standard InChI is InChI=1S/C36H44N8O4/c1-35(2,3)23-10-9-11-25(17-23)44-27(32(46)42(7)8)16-22-19-38-34(41-30(22)44)40-28-15-12-21(18-37-28)31(45)43-20-24-13-14-26(39-24)29(43)33(47)48-36(4,5)6/h9-12,15-19,24,26,29,39H,13-14,20H2,1-8H3,(H,37,38,40,41). The van der Waals surface area contributed by atoms with E-state index in [0.29, 0.717) is 34.7 Å². The monoisotopic (exact) mass is 652 g/mol. The van der Waals surface area contributed by atoms with Crippen LogP contribution >= 0.6 is 0 Å². The van der Waals surface area contributed by atoms with E-state index in [2.05, 4.69) is 53.5 Å². The van der Waals surface area contributed by atoms with Crippen LogP contribution in [0.5, 0.6) is 0 Å². The highest BCUT2D eigenvalue weighted by atomic mass is 16.6. The molecule has 2 aliphatic rings. The quantitative estimate of drug-likeness (QED) is 0.281. The fourth-order valence-electron chi connectivity index (χ4n) is 6.36. The molecule has 2 N–H and O–H groups in total. The van der Waals surface area contributed by atoms with Crippen LogP contribution in [-0.2, 0) is 14.9 Å². The number of fused-ring (bicyclic) bond motifs is 3. The van der Waals surface area contributed by atoms with E-state index < -0.39 is 17.6 Å². The predicted molar refractivity (Wildman–Crippen MR) is 184 cm³/mol. The van der Waals surface area contributed by atoms with E-state index in [4.69, 9.17) is 9.72 Å². The summed E-state index contributed by atoms with van der Waals surface area (Å²) in [6.07, 6.45) is 4.87. The summed E-state index contributed by atoms with van der Waals surface area (Å²) in [4.78, 5) is 57.2. The van der Waals surface area contributed by atoms with Gasteiger partial charge in [-0.3, -0.25) is 14.2 Å². The third-order valence-electron chi connectivity index (χ3n) is 8.71. The topological polar surface area (TPSA) is 135 Å². The number of hydrogen-bond donors (Lipinski definition) is 2. The second-order valence-corrected chi connectivity index (χ2v) is 14.9. The number of benzene rings is 1. The molecule has 5 heterocycles. The zero-order chi connectivity index (χ0) is 34.5. The fraction of sp³-hybridized carbons (Fsp3) is 0.444. The molecule has 3 unspecified atom stereocenters. The molecule has 0 spiro atoms.